The minimum Gasteiger partial charge on any atom is -0.326 e. The predicted molar refractivity (Wildman–Crippen MR) is 61.5 cm³/mol. The maximum absolute atomic E-state index is 11.4. The summed E-state index contributed by atoms with van der Waals surface area (Å²) in [5.41, 5.74) is 6.98. The molecule has 0 aliphatic heterocycles. The lowest BCUT2D eigenvalue weighted by atomic mass is 10.0. The standard InChI is InChI=1S/C10H11ClN2O2S/c1-2-9-8(6-13)3-7(5-12)4-10(9)16(11,14)15/h3-4H,2,6,13H2,1H3. The van der Waals surface area contributed by atoms with Crippen molar-refractivity contribution in [3.8, 4) is 6.07 Å². The molecule has 16 heavy (non-hydrogen) atoms. The number of nitrogens with zero attached hydrogens (tertiary/aromatic N) is 1. The second-order valence-electron chi connectivity index (χ2n) is 3.22. The molecule has 0 saturated heterocycles. The van der Waals surface area contributed by atoms with Gasteiger partial charge >= 0.3 is 0 Å². The second kappa shape index (κ2) is 4.83. The Balaban J connectivity index is 3.64. The molecule has 1 aromatic rings. The maximum atomic E-state index is 11.4. The highest BCUT2D eigenvalue weighted by atomic mass is 35.7. The van der Waals surface area contributed by atoms with Crippen molar-refractivity contribution in [2.75, 3.05) is 0 Å². The van der Waals surface area contributed by atoms with Crippen LogP contribution < -0.4 is 5.73 Å². The van der Waals surface area contributed by atoms with E-state index in [1.807, 2.05) is 13.0 Å². The molecule has 0 fully saturated rings. The SMILES string of the molecule is CCc1c(CN)cc(C#N)cc1S(=O)(=O)Cl. The van der Waals surface area contributed by atoms with Crippen LogP contribution in [0.5, 0.6) is 0 Å². The molecule has 0 saturated carbocycles. The van der Waals surface area contributed by atoms with Crippen molar-refractivity contribution >= 4 is 19.7 Å². The van der Waals surface area contributed by atoms with E-state index >= 15 is 0 Å². The molecule has 0 atom stereocenters. The van der Waals surface area contributed by atoms with Crippen molar-refractivity contribution in [2.45, 2.75) is 24.8 Å². The molecule has 2 N–H and O–H groups in total. The Morgan fingerprint density at radius 2 is 2.12 bits per heavy atom. The number of halogens is 1. The largest absolute Gasteiger partial charge is 0.326 e. The third-order valence-corrected chi connectivity index (χ3v) is 3.65. The quantitative estimate of drug-likeness (QED) is 0.833. The molecule has 0 bridgehead atoms. The first-order valence-corrected chi connectivity index (χ1v) is 6.95. The zero-order chi connectivity index (χ0) is 12.3. The molecule has 0 aromatic heterocycles. The van der Waals surface area contributed by atoms with Crippen LogP contribution in [0.1, 0.15) is 23.6 Å². The summed E-state index contributed by atoms with van der Waals surface area (Å²) in [6, 6.07) is 4.75. The molecule has 0 aliphatic rings. The third-order valence-electron chi connectivity index (χ3n) is 2.27. The van der Waals surface area contributed by atoms with E-state index in [4.69, 9.17) is 21.7 Å². The van der Waals surface area contributed by atoms with E-state index in [-0.39, 0.29) is 17.0 Å². The number of nitrogens with two attached hydrogens (primary N) is 1. The second-order valence-corrected chi connectivity index (χ2v) is 5.75. The molecule has 6 heteroatoms. The van der Waals surface area contributed by atoms with Gasteiger partial charge in [-0.25, -0.2) is 8.42 Å². The molecule has 0 radical (unpaired) electrons. The Morgan fingerprint density at radius 1 is 1.50 bits per heavy atom. The van der Waals surface area contributed by atoms with Gasteiger partial charge in [-0.1, -0.05) is 6.92 Å². The molecule has 0 amide bonds. The van der Waals surface area contributed by atoms with Crippen LogP contribution in [0, 0.1) is 11.3 Å². The van der Waals surface area contributed by atoms with Gasteiger partial charge in [-0.05, 0) is 29.7 Å². The highest BCUT2D eigenvalue weighted by Gasteiger charge is 2.18. The summed E-state index contributed by atoms with van der Waals surface area (Å²) in [5, 5.41) is 8.78. The van der Waals surface area contributed by atoms with Crippen LogP contribution in [-0.4, -0.2) is 8.42 Å². The highest BCUT2D eigenvalue weighted by molar-refractivity contribution is 8.13. The van der Waals surface area contributed by atoms with Crippen LogP contribution in [-0.2, 0) is 22.0 Å². The summed E-state index contributed by atoms with van der Waals surface area (Å²) in [5.74, 6) is 0. The lowest BCUT2D eigenvalue weighted by Crippen LogP contribution is -2.07. The van der Waals surface area contributed by atoms with Crippen LogP contribution in [0.25, 0.3) is 0 Å². The van der Waals surface area contributed by atoms with Gasteiger partial charge in [0.05, 0.1) is 16.5 Å². The number of nitriles is 1. The normalized spacial score (nSPS) is 11.1. The van der Waals surface area contributed by atoms with E-state index < -0.39 is 9.05 Å². The molecular formula is C10H11ClN2O2S. The minimum atomic E-state index is -3.85. The van der Waals surface area contributed by atoms with E-state index in [1.165, 1.54) is 6.07 Å². The average molecular weight is 259 g/mol. The fourth-order valence-corrected chi connectivity index (χ4v) is 2.82. The average Bonchev–Trinajstić information content (AvgIpc) is 2.25. The first kappa shape index (κ1) is 13.0. The van der Waals surface area contributed by atoms with Crippen LogP contribution >= 0.6 is 10.7 Å². The Kier molecular flexibility index (Phi) is 3.92. The highest BCUT2D eigenvalue weighted by Crippen LogP contribution is 2.25. The zero-order valence-corrected chi connectivity index (χ0v) is 10.3. The molecule has 0 spiro atoms. The van der Waals surface area contributed by atoms with Crippen LogP contribution in [0.2, 0.25) is 0 Å². The Bertz CT molecular complexity index is 547. The predicted octanol–water partition coefficient (Wildman–Crippen LogP) is 1.51. The maximum Gasteiger partial charge on any atom is 0.261 e. The fourth-order valence-electron chi connectivity index (χ4n) is 1.57. The fraction of sp³-hybridized carbons (Fsp3) is 0.300. The van der Waals surface area contributed by atoms with E-state index in [2.05, 4.69) is 0 Å². The first-order valence-electron chi connectivity index (χ1n) is 4.64. The number of hydrogen-bond donors (Lipinski definition) is 1. The van der Waals surface area contributed by atoms with Crippen LogP contribution in [0.3, 0.4) is 0 Å². The van der Waals surface area contributed by atoms with Gasteiger partial charge in [0.15, 0.2) is 0 Å². The first-order chi connectivity index (χ1) is 7.43. The molecule has 86 valence electrons. The Morgan fingerprint density at radius 3 is 2.50 bits per heavy atom. The Labute approximate surface area is 99.1 Å². The molecule has 1 rings (SSSR count). The van der Waals surface area contributed by atoms with Crippen molar-refractivity contribution in [3.05, 3.63) is 28.8 Å². The van der Waals surface area contributed by atoms with Gasteiger partial charge in [-0.2, -0.15) is 5.26 Å². The molecular weight excluding hydrogens is 248 g/mol. The topological polar surface area (TPSA) is 83.9 Å². The van der Waals surface area contributed by atoms with E-state index in [0.29, 0.717) is 17.5 Å². The molecule has 0 aliphatic carbocycles. The van der Waals surface area contributed by atoms with Crippen molar-refractivity contribution < 1.29 is 8.42 Å². The summed E-state index contributed by atoms with van der Waals surface area (Å²) in [7, 11) is 1.48. The van der Waals surface area contributed by atoms with Gasteiger partial charge in [0, 0.05) is 17.2 Å². The van der Waals surface area contributed by atoms with Crippen molar-refractivity contribution in [1.82, 2.24) is 0 Å². The lowest BCUT2D eigenvalue weighted by molar-refractivity contribution is 0.608. The van der Waals surface area contributed by atoms with Gasteiger partial charge in [0.1, 0.15) is 0 Å². The molecule has 0 unspecified atom stereocenters. The van der Waals surface area contributed by atoms with E-state index in [1.54, 1.807) is 6.07 Å². The third kappa shape index (κ3) is 2.53. The summed E-state index contributed by atoms with van der Waals surface area (Å²) < 4.78 is 22.7. The van der Waals surface area contributed by atoms with Gasteiger partial charge in [-0.15, -0.1) is 0 Å². The minimum absolute atomic E-state index is 0.0174. The lowest BCUT2D eigenvalue weighted by Gasteiger charge is -2.10. The van der Waals surface area contributed by atoms with E-state index in [9.17, 15) is 8.42 Å². The zero-order valence-electron chi connectivity index (χ0n) is 8.70. The molecule has 4 nitrogen and oxygen atoms in total. The number of rotatable bonds is 3. The van der Waals surface area contributed by atoms with Crippen molar-refractivity contribution in [2.24, 2.45) is 5.73 Å². The smallest absolute Gasteiger partial charge is 0.261 e. The summed E-state index contributed by atoms with van der Waals surface area (Å²) in [4.78, 5) is -0.0174. The molecule has 0 heterocycles. The van der Waals surface area contributed by atoms with Gasteiger partial charge in [-0.3, -0.25) is 0 Å². The van der Waals surface area contributed by atoms with Crippen molar-refractivity contribution in [3.63, 3.8) is 0 Å². The monoisotopic (exact) mass is 258 g/mol. The van der Waals surface area contributed by atoms with E-state index in [0.717, 1.165) is 0 Å². The van der Waals surface area contributed by atoms with Crippen LogP contribution in [0.4, 0.5) is 0 Å². The number of hydrogen-bond acceptors (Lipinski definition) is 4. The summed E-state index contributed by atoms with van der Waals surface area (Å²) in [6.07, 6.45) is 0.500. The van der Waals surface area contributed by atoms with Crippen molar-refractivity contribution in [1.29, 1.82) is 5.26 Å². The van der Waals surface area contributed by atoms with Gasteiger partial charge < -0.3 is 5.73 Å². The Hall–Kier alpha value is -1.09. The van der Waals surface area contributed by atoms with Gasteiger partial charge in [0.2, 0.25) is 0 Å². The summed E-state index contributed by atoms with van der Waals surface area (Å²) in [6.45, 7) is 1.99. The van der Waals surface area contributed by atoms with Crippen LogP contribution in [0.15, 0.2) is 17.0 Å². The number of benzene rings is 1. The van der Waals surface area contributed by atoms with Gasteiger partial charge in [0.25, 0.3) is 9.05 Å². The molecule has 1 aromatic carbocycles. The summed E-state index contributed by atoms with van der Waals surface area (Å²) >= 11 is 0.